The van der Waals surface area contributed by atoms with Crippen LogP contribution in [0.5, 0.6) is 0 Å². The number of imide groups is 1. The lowest BCUT2D eigenvalue weighted by Gasteiger charge is -2.21. The van der Waals surface area contributed by atoms with Crippen LogP contribution in [0.25, 0.3) is 0 Å². The molecule has 7 nitrogen and oxygen atoms in total. The molecule has 4 unspecified atom stereocenters. The van der Waals surface area contributed by atoms with Gasteiger partial charge in [0.25, 0.3) is 0 Å². The Labute approximate surface area is 139 Å². The van der Waals surface area contributed by atoms with Crippen molar-refractivity contribution in [2.24, 2.45) is 5.92 Å². The van der Waals surface area contributed by atoms with Crippen LogP contribution < -0.4 is 10.6 Å². The Morgan fingerprint density at radius 2 is 2.26 bits per heavy atom. The Balaban J connectivity index is 1.46. The number of nitrogens with zero attached hydrogens (tertiary/aromatic N) is 1. The summed E-state index contributed by atoms with van der Waals surface area (Å²) >= 11 is 1.88. The van der Waals surface area contributed by atoms with Crippen LogP contribution >= 0.6 is 11.8 Å². The molecule has 2 N–H and O–H groups in total. The maximum Gasteiger partial charge on any atom is 0.416 e. The zero-order valence-corrected chi connectivity index (χ0v) is 14.1. The fraction of sp³-hybridized carbons (Fsp3) is 0.800. The van der Waals surface area contributed by atoms with Crippen LogP contribution in [0.1, 0.15) is 32.6 Å². The van der Waals surface area contributed by atoms with Gasteiger partial charge in [0.15, 0.2) is 0 Å². The second-order valence-electron chi connectivity index (χ2n) is 6.26. The molecular formula is C15H23N3O4S. The van der Waals surface area contributed by atoms with Crippen LogP contribution in [0.3, 0.4) is 0 Å². The first-order chi connectivity index (χ1) is 11.1. The minimum atomic E-state index is -0.512. The highest BCUT2D eigenvalue weighted by Crippen LogP contribution is 2.33. The first-order valence-corrected chi connectivity index (χ1v) is 9.31. The van der Waals surface area contributed by atoms with Crippen molar-refractivity contribution < 1.29 is 19.1 Å². The summed E-state index contributed by atoms with van der Waals surface area (Å²) in [5.41, 5.74) is 0. The summed E-state index contributed by atoms with van der Waals surface area (Å²) in [7, 11) is 0. The van der Waals surface area contributed by atoms with Gasteiger partial charge >= 0.3 is 12.1 Å². The quantitative estimate of drug-likeness (QED) is 0.712. The van der Waals surface area contributed by atoms with Gasteiger partial charge in [-0.25, -0.2) is 14.5 Å². The van der Waals surface area contributed by atoms with E-state index in [-0.39, 0.29) is 29.9 Å². The second-order valence-corrected chi connectivity index (χ2v) is 7.53. The van der Waals surface area contributed by atoms with E-state index in [1.165, 1.54) is 4.90 Å². The molecule has 0 spiro atoms. The van der Waals surface area contributed by atoms with Crippen LogP contribution in [-0.4, -0.2) is 59.2 Å². The van der Waals surface area contributed by atoms with Crippen LogP contribution in [0.4, 0.5) is 9.59 Å². The highest BCUT2D eigenvalue weighted by atomic mass is 32.2. The zero-order valence-electron chi connectivity index (χ0n) is 13.2. The van der Waals surface area contributed by atoms with Crippen molar-refractivity contribution in [3.8, 4) is 0 Å². The van der Waals surface area contributed by atoms with Crippen molar-refractivity contribution in [3.05, 3.63) is 0 Å². The van der Waals surface area contributed by atoms with Gasteiger partial charge in [-0.05, 0) is 19.3 Å². The van der Waals surface area contributed by atoms with E-state index in [0.717, 1.165) is 31.4 Å². The van der Waals surface area contributed by atoms with Crippen molar-refractivity contribution in [1.29, 1.82) is 0 Å². The summed E-state index contributed by atoms with van der Waals surface area (Å²) in [6, 6.07) is 0.372. The molecule has 0 bridgehead atoms. The fourth-order valence-corrected chi connectivity index (χ4v) is 5.07. The van der Waals surface area contributed by atoms with Crippen LogP contribution in [0, 0.1) is 5.92 Å². The number of fused-ring (bicyclic) bond motifs is 1. The summed E-state index contributed by atoms with van der Waals surface area (Å²) in [4.78, 5) is 36.5. The van der Waals surface area contributed by atoms with Crippen LogP contribution in [0.15, 0.2) is 0 Å². The van der Waals surface area contributed by atoms with E-state index < -0.39 is 6.09 Å². The summed E-state index contributed by atoms with van der Waals surface area (Å²) < 4.78 is 4.84. The summed E-state index contributed by atoms with van der Waals surface area (Å²) in [5, 5.41) is 6.32. The van der Waals surface area contributed by atoms with Crippen LogP contribution in [-0.2, 0) is 9.53 Å². The molecule has 0 aromatic rings. The number of ether oxygens (including phenoxy) is 1. The predicted octanol–water partition coefficient (Wildman–Crippen LogP) is 1.33. The van der Waals surface area contributed by atoms with Gasteiger partial charge in [-0.2, -0.15) is 11.8 Å². The molecule has 3 fully saturated rings. The Bertz CT molecular complexity index is 501. The monoisotopic (exact) mass is 341 g/mol. The number of hydrogen-bond acceptors (Lipinski definition) is 5. The average molecular weight is 341 g/mol. The lowest BCUT2D eigenvalue weighted by molar-refractivity contribution is -0.132. The Morgan fingerprint density at radius 1 is 1.43 bits per heavy atom. The van der Waals surface area contributed by atoms with Gasteiger partial charge in [-0.3, -0.25) is 4.79 Å². The number of carbonyl (C=O) groups excluding carboxylic acids is 3. The topological polar surface area (TPSA) is 87.7 Å². The number of cyclic esters (lactones) is 1. The van der Waals surface area contributed by atoms with Gasteiger partial charge < -0.3 is 15.4 Å². The summed E-state index contributed by atoms with van der Waals surface area (Å²) in [5.74, 6) is 0.714. The lowest BCUT2D eigenvalue weighted by atomic mass is 9.95. The first kappa shape index (κ1) is 16.4. The zero-order chi connectivity index (χ0) is 16.4. The van der Waals surface area contributed by atoms with Crippen LogP contribution in [0.2, 0.25) is 0 Å². The molecule has 4 atom stereocenters. The third-order valence-electron chi connectivity index (χ3n) is 4.85. The number of hydrogen-bond donors (Lipinski definition) is 2. The second kappa shape index (κ2) is 6.98. The largest absolute Gasteiger partial charge is 0.447 e. The minimum Gasteiger partial charge on any atom is -0.447 e. The van der Waals surface area contributed by atoms with E-state index in [2.05, 4.69) is 10.6 Å². The van der Waals surface area contributed by atoms with E-state index in [1.54, 1.807) is 0 Å². The molecule has 23 heavy (non-hydrogen) atoms. The molecule has 0 aromatic heterocycles. The van der Waals surface area contributed by atoms with Gasteiger partial charge in [0.2, 0.25) is 5.91 Å². The normalized spacial score (nSPS) is 30.7. The molecular weight excluding hydrogens is 318 g/mol. The molecule has 3 aliphatic rings. The predicted molar refractivity (Wildman–Crippen MR) is 86.2 cm³/mol. The number of thioether (sulfide) groups is 1. The standard InChI is InChI=1S/C15H23N3O4S/c1-2-9(13(19)18-6-7-22-15(18)21)4-3-5-11-12-10(8-23-11)16-14(20)17-12/h9-12H,2-8H2,1H3,(H2,16,17,20). The first-order valence-electron chi connectivity index (χ1n) is 8.27. The van der Waals surface area contributed by atoms with Gasteiger partial charge in [0.05, 0.1) is 18.6 Å². The van der Waals surface area contributed by atoms with E-state index in [0.29, 0.717) is 18.4 Å². The molecule has 3 aliphatic heterocycles. The van der Waals surface area contributed by atoms with Crippen molar-refractivity contribution in [2.45, 2.75) is 49.9 Å². The molecule has 128 valence electrons. The molecule has 3 rings (SSSR count). The summed E-state index contributed by atoms with van der Waals surface area (Å²) in [6.45, 7) is 2.65. The number of carbonyl (C=O) groups is 3. The molecule has 0 aromatic carbocycles. The van der Waals surface area contributed by atoms with Gasteiger partial charge in [0, 0.05) is 16.9 Å². The maximum atomic E-state index is 12.4. The number of nitrogens with one attached hydrogen (secondary N) is 2. The number of urea groups is 1. The lowest BCUT2D eigenvalue weighted by Crippen LogP contribution is -2.37. The average Bonchev–Trinajstić information content (AvgIpc) is 3.20. The molecule has 0 saturated carbocycles. The van der Waals surface area contributed by atoms with E-state index >= 15 is 0 Å². The third-order valence-corrected chi connectivity index (χ3v) is 6.36. The van der Waals surface area contributed by atoms with Crippen molar-refractivity contribution in [3.63, 3.8) is 0 Å². The van der Waals surface area contributed by atoms with Gasteiger partial charge in [0.1, 0.15) is 6.61 Å². The fourth-order valence-electron chi connectivity index (χ4n) is 3.52. The summed E-state index contributed by atoms with van der Waals surface area (Å²) in [6.07, 6.45) is 2.88. The van der Waals surface area contributed by atoms with E-state index in [1.807, 2.05) is 18.7 Å². The number of amides is 4. The smallest absolute Gasteiger partial charge is 0.416 e. The highest BCUT2D eigenvalue weighted by molar-refractivity contribution is 8.00. The molecule has 8 heteroatoms. The van der Waals surface area contributed by atoms with E-state index in [9.17, 15) is 14.4 Å². The van der Waals surface area contributed by atoms with Crippen molar-refractivity contribution >= 4 is 29.8 Å². The van der Waals surface area contributed by atoms with Crippen molar-refractivity contribution in [2.75, 3.05) is 18.9 Å². The molecule has 4 amide bonds. The third kappa shape index (κ3) is 3.41. The highest BCUT2D eigenvalue weighted by Gasteiger charge is 2.42. The Hall–Kier alpha value is -1.44. The van der Waals surface area contributed by atoms with E-state index in [4.69, 9.17) is 4.74 Å². The molecule has 0 aliphatic carbocycles. The SMILES string of the molecule is CCC(CCCC1SCC2NC(=O)NC21)C(=O)N1CCOC1=O. The molecule has 3 heterocycles. The Kier molecular flexibility index (Phi) is 4.99. The molecule has 3 saturated heterocycles. The van der Waals surface area contributed by atoms with Gasteiger partial charge in [-0.15, -0.1) is 0 Å². The molecule has 0 radical (unpaired) electrons. The minimum absolute atomic E-state index is 0.0699. The van der Waals surface area contributed by atoms with Gasteiger partial charge in [-0.1, -0.05) is 13.3 Å². The van der Waals surface area contributed by atoms with Crippen molar-refractivity contribution in [1.82, 2.24) is 15.5 Å². The maximum absolute atomic E-state index is 12.4. The Morgan fingerprint density at radius 3 is 2.96 bits per heavy atom. The number of rotatable bonds is 6.